The smallest absolute Gasteiger partial charge is 0.302 e. The SMILES string of the molecule is CC(=O)OCCCCC1=CC2(C)N(C)CCCN2C1=O. The number of likely N-dealkylation sites (N-methyl/N-ethyl adjacent to an activating group) is 1. The van der Waals surface area contributed by atoms with Crippen molar-refractivity contribution in [3.63, 3.8) is 0 Å². The Morgan fingerprint density at radius 1 is 1.40 bits per heavy atom. The monoisotopic (exact) mass is 280 g/mol. The molecule has 112 valence electrons. The Labute approximate surface area is 120 Å². The predicted molar refractivity (Wildman–Crippen MR) is 75.9 cm³/mol. The summed E-state index contributed by atoms with van der Waals surface area (Å²) in [6, 6.07) is 0. The van der Waals surface area contributed by atoms with E-state index in [2.05, 4.69) is 24.9 Å². The highest BCUT2D eigenvalue weighted by Gasteiger charge is 2.45. The van der Waals surface area contributed by atoms with Crippen molar-refractivity contribution >= 4 is 11.9 Å². The molecule has 0 radical (unpaired) electrons. The number of amides is 1. The van der Waals surface area contributed by atoms with Gasteiger partial charge >= 0.3 is 5.97 Å². The molecule has 2 heterocycles. The molecule has 1 fully saturated rings. The van der Waals surface area contributed by atoms with E-state index >= 15 is 0 Å². The van der Waals surface area contributed by atoms with Gasteiger partial charge in [-0.15, -0.1) is 0 Å². The first-order chi connectivity index (χ1) is 9.45. The molecule has 0 spiro atoms. The number of hydrogen-bond acceptors (Lipinski definition) is 4. The maximum Gasteiger partial charge on any atom is 0.302 e. The first kappa shape index (κ1) is 15.0. The Balaban J connectivity index is 1.89. The molecule has 0 saturated carbocycles. The van der Waals surface area contributed by atoms with Crippen molar-refractivity contribution in [2.75, 3.05) is 26.7 Å². The Bertz CT molecular complexity index is 433. The van der Waals surface area contributed by atoms with Crippen LogP contribution >= 0.6 is 0 Å². The van der Waals surface area contributed by atoms with Gasteiger partial charge in [0, 0.05) is 25.6 Å². The van der Waals surface area contributed by atoms with Crippen molar-refractivity contribution in [3.8, 4) is 0 Å². The van der Waals surface area contributed by atoms with E-state index in [0.29, 0.717) is 6.61 Å². The molecule has 5 nitrogen and oxygen atoms in total. The average molecular weight is 280 g/mol. The molecule has 0 aliphatic carbocycles. The number of carbonyl (C=O) groups excluding carboxylic acids is 2. The minimum Gasteiger partial charge on any atom is -0.466 e. The van der Waals surface area contributed by atoms with Gasteiger partial charge in [0.1, 0.15) is 5.66 Å². The van der Waals surface area contributed by atoms with Crippen LogP contribution < -0.4 is 0 Å². The lowest BCUT2D eigenvalue weighted by molar-refractivity contribution is -0.141. The molecular weight excluding hydrogens is 256 g/mol. The molecule has 0 aromatic rings. The van der Waals surface area contributed by atoms with Crippen LogP contribution in [0.25, 0.3) is 0 Å². The standard InChI is InChI=1S/C15H24N2O3/c1-12(18)20-10-5-4-7-13-11-15(2)16(3)8-6-9-17(15)14(13)19/h11H,4-10H2,1-3H3. The molecule has 1 atom stereocenters. The summed E-state index contributed by atoms with van der Waals surface area (Å²) >= 11 is 0. The summed E-state index contributed by atoms with van der Waals surface area (Å²) in [5.74, 6) is -0.0704. The number of fused-ring (bicyclic) bond motifs is 1. The zero-order chi connectivity index (χ0) is 14.8. The van der Waals surface area contributed by atoms with Crippen molar-refractivity contribution in [1.29, 1.82) is 0 Å². The van der Waals surface area contributed by atoms with Crippen LogP contribution in [0.5, 0.6) is 0 Å². The van der Waals surface area contributed by atoms with E-state index in [4.69, 9.17) is 4.74 Å². The van der Waals surface area contributed by atoms with Gasteiger partial charge in [0.25, 0.3) is 5.91 Å². The van der Waals surface area contributed by atoms with E-state index in [1.54, 1.807) is 0 Å². The molecule has 2 aliphatic rings. The summed E-state index contributed by atoms with van der Waals surface area (Å²) in [4.78, 5) is 27.3. The Morgan fingerprint density at radius 2 is 2.15 bits per heavy atom. The second-order valence-electron chi connectivity index (χ2n) is 5.79. The number of esters is 1. The molecule has 0 N–H and O–H groups in total. The lowest BCUT2D eigenvalue weighted by atomic mass is 10.1. The van der Waals surface area contributed by atoms with Crippen molar-refractivity contribution in [3.05, 3.63) is 11.6 Å². The molecular formula is C15H24N2O3. The van der Waals surface area contributed by atoms with Crippen LogP contribution in [0.2, 0.25) is 0 Å². The van der Waals surface area contributed by atoms with Crippen molar-refractivity contribution < 1.29 is 14.3 Å². The fourth-order valence-corrected chi connectivity index (χ4v) is 3.00. The van der Waals surface area contributed by atoms with E-state index in [0.717, 1.165) is 44.3 Å². The van der Waals surface area contributed by atoms with Crippen LogP contribution in [0.3, 0.4) is 0 Å². The van der Waals surface area contributed by atoms with E-state index in [1.807, 2.05) is 4.90 Å². The summed E-state index contributed by atoms with van der Waals surface area (Å²) in [5.41, 5.74) is 0.657. The number of carbonyl (C=O) groups is 2. The molecule has 1 saturated heterocycles. The second kappa shape index (κ2) is 5.95. The van der Waals surface area contributed by atoms with Crippen LogP contribution in [-0.4, -0.2) is 54.1 Å². The second-order valence-corrected chi connectivity index (χ2v) is 5.79. The first-order valence-corrected chi connectivity index (χ1v) is 7.33. The lowest BCUT2D eigenvalue weighted by Gasteiger charge is -2.46. The molecule has 5 heteroatoms. The fraction of sp³-hybridized carbons (Fsp3) is 0.733. The fourth-order valence-electron chi connectivity index (χ4n) is 3.00. The normalized spacial score (nSPS) is 26.4. The lowest BCUT2D eigenvalue weighted by Crippen LogP contribution is -2.59. The van der Waals surface area contributed by atoms with Gasteiger partial charge in [-0.25, -0.2) is 0 Å². The van der Waals surface area contributed by atoms with E-state index in [9.17, 15) is 9.59 Å². The van der Waals surface area contributed by atoms with Gasteiger partial charge in [0.05, 0.1) is 6.61 Å². The summed E-state index contributed by atoms with van der Waals surface area (Å²) in [6.45, 7) is 5.83. The highest BCUT2D eigenvalue weighted by Crippen LogP contribution is 2.35. The summed E-state index contributed by atoms with van der Waals surface area (Å²) in [7, 11) is 2.07. The maximum atomic E-state index is 12.4. The van der Waals surface area contributed by atoms with Crippen LogP contribution in [0.15, 0.2) is 11.6 Å². The number of nitrogens with zero attached hydrogens (tertiary/aromatic N) is 2. The van der Waals surface area contributed by atoms with Gasteiger partial charge in [-0.3, -0.25) is 14.5 Å². The molecule has 2 rings (SSSR count). The minimum absolute atomic E-state index is 0.173. The molecule has 0 aromatic heterocycles. The molecule has 1 unspecified atom stereocenters. The Hall–Kier alpha value is -1.36. The highest BCUT2D eigenvalue weighted by atomic mass is 16.5. The maximum absolute atomic E-state index is 12.4. The quantitative estimate of drug-likeness (QED) is 0.566. The van der Waals surface area contributed by atoms with Gasteiger partial charge in [0.15, 0.2) is 0 Å². The zero-order valence-electron chi connectivity index (χ0n) is 12.6. The molecule has 0 bridgehead atoms. The predicted octanol–water partition coefficient (Wildman–Crippen LogP) is 1.54. The largest absolute Gasteiger partial charge is 0.466 e. The average Bonchev–Trinajstić information content (AvgIpc) is 2.64. The summed E-state index contributed by atoms with van der Waals surface area (Å²) in [6.07, 6.45) is 5.58. The van der Waals surface area contributed by atoms with Gasteiger partial charge in [-0.05, 0) is 45.7 Å². The van der Waals surface area contributed by atoms with Gasteiger partial charge < -0.3 is 9.64 Å². The van der Waals surface area contributed by atoms with Crippen LogP contribution in [0, 0.1) is 0 Å². The third-order valence-corrected chi connectivity index (χ3v) is 4.31. The van der Waals surface area contributed by atoms with Crippen molar-refractivity contribution in [2.24, 2.45) is 0 Å². The molecule has 2 aliphatic heterocycles. The molecule has 0 aromatic carbocycles. The summed E-state index contributed by atoms with van der Waals surface area (Å²) < 4.78 is 4.90. The number of rotatable bonds is 5. The first-order valence-electron chi connectivity index (χ1n) is 7.33. The van der Waals surface area contributed by atoms with Crippen LogP contribution in [0.4, 0.5) is 0 Å². The van der Waals surface area contributed by atoms with Crippen molar-refractivity contribution in [1.82, 2.24) is 9.80 Å². The topological polar surface area (TPSA) is 49.9 Å². The Kier molecular flexibility index (Phi) is 4.48. The minimum atomic E-state index is -0.249. The van der Waals surface area contributed by atoms with Gasteiger partial charge in [-0.2, -0.15) is 0 Å². The summed E-state index contributed by atoms with van der Waals surface area (Å²) in [5, 5.41) is 0. The van der Waals surface area contributed by atoms with E-state index in [1.165, 1.54) is 6.92 Å². The molecule has 20 heavy (non-hydrogen) atoms. The number of unbranched alkanes of at least 4 members (excludes halogenated alkanes) is 1. The van der Waals surface area contributed by atoms with Crippen molar-refractivity contribution in [2.45, 2.75) is 45.2 Å². The van der Waals surface area contributed by atoms with E-state index in [-0.39, 0.29) is 17.5 Å². The molecule has 1 amide bonds. The van der Waals surface area contributed by atoms with Gasteiger partial charge in [-0.1, -0.05) is 0 Å². The number of ether oxygens (including phenoxy) is 1. The number of hydrogen-bond donors (Lipinski definition) is 0. The zero-order valence-corrected chi connectivity index (χ0v) is 12.6. The van der Waals surface area contributed by atoms with Crippen LogP contribution in [-0.2, 0) is 14.3 Å². The van der Waals surface area contributed by atoms with Gasteiger partial charge in [0.2, 0.25) is 0 Å². The van der Waals surface area contributed by atoms with E-state index < -0.39 is 0 Å². The third kappa shape index (κ3) is 2.87. The third-order valence-electron chi connectivity index (χ3n) is 4.31. The van der Waals surface area contributed by atoms with Crippen LogP contribution in [0.1, 0.15) is 39.5 Å². The highest BCUT2D eigenvalue weighted by molar-refractivity contribution is 5.97. The Morgan fingerprint density at radius 3 is 2.80 bits per heavy atom.